The molecular weight excluding hydrogens is 385 g/mol. The van der Waals surface area contributed by atoms with Gasteiger partial charge in [0.1, 0.15) is 10.7 Å². The van der Waals surface area contributed by atoms with Gasteiger partial charge in [0.25, 0.3) is 5.91 Å². The SMILES string of the molecule is O=C(COC(=O)c1ccc(Cl)s1)Nc1ccc(Br)cc1F. The number of carbonyl (C=O) groups excluding carboxylic acids is 2. The second-order valence-corrected chi connectivity index (χ2v) is 6.48. The fourth-order valence-electron chi connectivity index (χ4n) is 1.40. The van der Waals surface area contributed by atoms with E-state index in [2.05, 4.69) is 21.2 Å². The predicted octanol–water partition coefficient (Wildman–Crippen LogP) is 4.10. The Labute approximate surface area is 137 Å². The van der Waals surface area contributed by atoms with E-state index in [1.807, 2.05) is 0 Å². The Morgan fingerprint density at radius 2 is 2.10 bits per heavy atom. The van der Waals surface area contributed by atoms with Crippen LogP contribution in [0.3, 0.4) is 0 Å². The molecule has 21 heavy (non-hydrogen) atoms. The van der Waals surface area contributed by atoms with Crippen molar-refractivity contribution in [2.45, 2.75) is 0 Å². The Kier molecular flexibility index (Phi) is 5.33. The van der Waals surface area contributed by atoms with E-state index >= 15 is 0 Å². The van der Waals surface area contributed by atoms with Gasteiger partial charge in [0.05, 0.1) is 10.0 Å². The van der Waals surface area contributed by atoms with E-state index in [-0.39, 0.29) is 5.69 Å². The summed E-state index contributed by atoms with van der Waals surface area (Å²) < 4.78 is 19.3. The number of ether oxygens (including phenoxy) is 1. The van der Waals surface area contributed by atoms with Gasteiger partial charge in [-0.05, 0) is 30.3 Å². The maximum Gasteiger partial charge on any atom is 0.348 e. The molecule has 0 aliphatic heterocycles. The molecule has 1 amide bonds. The van der Waals surface area contributed by atoms with Crippen LogP contribution in [0.1, 0.15) is 9.67 Å². The molecule has 1 N–H and O–H groups in total. The summed E-state index contributed by atoms with van der Waals surface area (Å²) in [6.07, 6.45) is 0. The average Bonchev–Trinajstić information content (AvgIpc) is 2.86. The maximum atomic E-state index is 13.5. The van der Waals surface area contributed by atoms with Crippen molar-refractivity contribution in [1.82, 2.24) is 0 Å². The van der Waals surface area contributed by atoms with Crippen molar-refractivity contribution in [2.24, 2.45) is 0 Å². The third-order valence-electron chi connectivity index (χ3n) is 2.31. The summed E-state index contributed by atoms with van der Waals surface area (Å²) in [7, 11) is 0. The third-order valence-corrected chi connectivity index (χ3v) is 4.02. The number of anilines is 1. The smallest absolute Gasteiger partial charge is 0.348 e. The van der Waals surface area contributed by atoms with Crippen LogP contribution in [0, 0.1) is 5.82 Å². The summed E-state index contributed by atoms with van der Waals surface area (Å²) in [5, 5.41) is 2.31. The minimum atomic E-state index is -0.654. The van der Waals surface area contributed by atoms with E-state index in [1.54, 1.807) is 12.1 Å². The summed E-state index contributed by atoms with van der Waals surface area (Å²) in [6, 6.07) is 7.26. The summed E-state index contributed by atoms with van der Waals surface area (Å²) in [4.78, 5) is 23.5. The number of hydrogen-bond acceptors (Lipinski definition) is 4. The first kappa shape index (κ1) is 15.9. The molecule has 4 nitrogen and oxygen atoms in total. The van der Waals surface area contributed by atoms with Crippen molar-refractivity contribution in [1.29, 1.82) is 0 Å². The zero-order valence-electron chi connectivity index (χ0n) is 10.4. The quantitative estimate of drug-likeness (QED) is 0.797. The zero-order valence-corrected chi connectivity index (χ0v) is 13.5. The monoisotopic (exact) mass is 391 g/mol. The second-order valence-electron chi connectivity index (χ2n) is 3.85. The van der Waals surface area contributed by atoms with Gasteiger partial charge in [-0.3, -0.25) is 4.79 Å². The van der Waals surface area contributed by atoms with Crippen molar-refractivity contribution in [3.8, 4) is 0 Å². The van der Waals surface area contributed by atoms with Crippen molar-refractivity contribution in [3.63, 3.8) is 0 Å². The summed E-state index contributed by atoms with van der Waals surface area (Å²) >= 11 is 9.85. The number of amides is 1. The molecule has 2 rings (SSSR count). The van der Waals surface area contributed by atoms with Gasteiger partial charge in [0, 0.05) is 4.47 Å². The van der Waals surface area contributed by atoms with E-state index in [4.69, 9.17) is 16.3 Å². The Morgan fingerprint density at radius 1 is 1.33 bits per heavy atom. The standard InChI is InChI=1S/C13H8BrClFNO3S/c14-7-1-2-9(8(16)5-7)17-12(18)6-20-13(19)10-3-4-11(15)21-10/h1-5H,6H2,(H,17,18). The minimum Gasteiger partial charge on any atom is -0.451 e. The fourth-order valence-corrected chi connectivity index (χ4v) is 2.67. The summed E-state index contributed by atoms with van der Waals surface area (Å²) in [5.41, 5.74) is 0.0124. The average molecular weight is 393 g/mol. The highest BCUT2D eigenvalue weighted by molar-refractivity contribution is 9.10. The maximum absolute atomic E-state index is 13.5. The van der Waals surface area contributed by atoms with Gasteiger partial charge in [0.15, 0.2) is 6.61 Å². The largest absolute Gasteiger partial charge is 0.451 e. The number of carbonyl (C=O) groups is 2. The van der Waals surface area contributed by atoms with Crippen molar-refractivity contribution >= 4 is 56.4 Å². The molecule has 0 fully saturated rings. The summed E-state index contributed by atoms with van der Waals surface area (Å²) in [6.45, 7) is -0.510. The van der Waals surface area contributed by atoms with Crippen molar-refractivity contribution in [2.75, 3.05) is 11.9 Å². The molecule has 0 spiro atoms. The zero-order chi connectivity index (χ0) is 15.4. The molecule has 8 heteroatoms. The Hall–Kier alpha value is -1.44. The van der Waals surface area contributed by atoms with Crippen LogP contribution in [0.25, 0.3) is 0 Å². The van der Waals surface area contributed by atoms with Gasteiger partial charge in [-0.1, -0.05) is 27.5 Å². The molecule has 1 heterocycles. The first-order valence-electron chi connectivity index (χ1n) is 5.63. The fraction of sp³-hybridized carbons (Fsp3) is 0.0769. The van der Waals surface area contributed by atoms with E-state index in [0.717, 1.165) is 11.3 Å². The first-order valence-corrected chi connectivity index (χ1v) is 7.62. The van der Waals surface area contributed by atoms with E-state index < -0.39 is 24.3 Å². The molecule has 0 bridgehead atoms. The number of esters is 1. The number of halogens is 3. The molecule has 0 unspecified atom stereocenters. The topological polar surface area (TPSA) is 55.4 Å². The summed E-state index contributed by atoms with van der Waals surface area (Å²) in [5.74, 6) is -1.88. The lowest BCUT2D eigenvalue weighted by Gasteiger charge is -2.07. The highest BCUT2D eigenvalue weighted by Gasteiger charge is 2.13. The predicted molar refractivity (Wildman–Crippen MR) is 82.3 cm³/mol. The molecule has 0 radical (unpaired) electrons. The normalized spacial score (nSPS) is 10.2. The molecule has 1 aromatic heterocycles. The molecular formula is C13H8BrClFNO3S. The van der Waals surface area contributed by atoms with Crippen LogP contribution in [0.2, 0.25) is 4.34 Å². The molecule has 1 aromatic carbocycles. The molecule has 110 valence electrons. The number of hydrogen-bond donors (Lipinski definition) is 1. The van der Waals surface area contributed by atoms with Gasteiger partial charge in [-0.2, -0.15) is 0 Å². The van der Waals surface area contributed by atoms with Crippen LogP contribution in [0.15, 0.2) is 34.8 Å². The van der Waals surface area contributed by atoms with Crippen LogP contribution >= 0.6 is 38.9 Å². The second kappa shape index (κ2) is 7.02. The lowest BCUT2D eigenvalue weighted by Crippen LogP contribution is -2.21. The van der Waals surface area contributed by atoms with Crippen LogP contribution in [0.4, 0.5) is 10.1 Å². The van der Waals surface area contributed by atoms with Crippen LogP contribution < -0.4 is 5.32 Å². The van der Waals surface area contributed by atoms with Gasteiger partial charge >= 0.3 is 5.97 Å². The third kappa shape index (κ3) is 4.52. The Bertz CT molecular complexity index is 692. The Balaban J connectivity index is 1.89. The molecule has 0 saturated heterocycles. The lowest BCUT2D eigenvalue weighted by atomic mass is 10.3. The number of nitrogens with one attached hydrogen (secondary N) is 1. The number of rotatable bonds is 4. The van der Waals surface area contributed by atoms with Gasteiger partial charge in [-0.25, -0.2) is 9.18 Å². The van der Waals surface area contributed by atoms with Gasteiger partial charge in [0.2, 0.25) is 0 Å². The number of thiophene rings is 1. The highest BCUT2D eigenvalue weighted by atomic mass is 79.9. The van der Waals surface area contributed by atoms with Crippen LogP contribution in [-0.4, -0.2) is 18.5 Å². The highest BCUT2D eigenvalue weighted by Crippen LogP contribution is 2.22. The molecule has 0 saturated carbocycles. The van der Waals surface area contributed by atoms with Crippen LogP contribution in [-0.2, 0) is 9.53 Å². The van der Waals surface area contributed by atoms with E-state index in [9.17, 15) is 14.0 Å². The minimum absolute atomic E-state index is 0.0124. The molecule has 2 aromatic rings. The van der Waals surface area contributed by atoms with E-state index in [1.165, 1.54) is 18.2 Å². The molecule has 0 atom stereocenters. The number of benzene rings is 1. The van der Waals surface area contributed by atoms with Gasteiger partial charge < -0.3 is 10.1 Å². The van der Waals surface area contributed by atoms with Crippen molar-refractivity contribution in [3.05, 3.63) is 49.8 Å². The first-order chi connectivity index (χ1) is 9.95. The Morgan fingerprint density at radius 3 is 2.71 bits per heavy atom. The lowest BCUT2D eigenvalue weighted by molar-refractivity contribution is -0.119. The van der Waals surface area contributed by atoms with Gasteiger partial charge in [-0.15, -0.1) is 11.3 Å². The molecule has 0 aliphatic carbocycles. The van der Waals surface area contributed by atoms with Crippen molar-refractivity contribution < 1.29 is 18.7 Å². The molecule has 0 aliphatic rings. The van der Waals surface area contributed by atoms with Crippen LogP contribution in [0.5, 0.6) is 0 Å². The van der Waals surface area contributed by atoms with E-state index in [0.29, 0.717) is 13.7 Å².